The van der Waals surface area contributed by atoms with Gasteiger partial charge in [0.25, 0.3) is 0 Å². The van der Waals surface area contributed by atoms with E-state index in [9.17, 15) is 8.42 Å². The number of quaternary nitrogens is 1. The van der Waals surface area contributed by atoms with Gasteiger partial charge in [-0.25, -0.2) is 8.42 Å². The van der Waals surface area contributed by atoms with E-state index in [4.69, 9.17) is 0 Å². The predicted molar refractivity (Wildman–Crippen MR) is 182 cm³/mol. The molecule has 1 heterocycles. The van der Waals surface area contributed by atoms with Crippen LogP contribution >= 0.6 is 27.3 Å². The summed E-state index contributed by atoms with van der Waals surface area (Å²) in [4.78, 5) is 0.353. The predicted octanol–water partition coefficient (Wildman–Crippen LogP) is 9.03. The van der Waals surface area contributed by atoms with Crippen LogP contribution in [0.2, 0.25) is 0 Å². The van der Waals surface area contributed by atoms with Crippen molar-refractivity contribution in [1.82, 2.24) is 4.31 Å². The van der Waals surface area contributed by atoms with Crippen LogP contribution in [0.3, 0.4) is 0 Å². The van der Waals surface area contributed by atoms with Gasteiger partial charge in [0.2, 0.25) is 10.0 Å². The van der Waals surface area contributed by atoms with Gasteiger partial charge in [-0.2, -0.15) is 4.31 Å². The van der Waals surface area contributed by atoms with Crippen LogP contribution in [0, 0.1) is 13.8 Å². The minimum absolute atomic E-state index is 0.353. The third kappa shape index (κ3) is 7.14. The van der Waals surface area contributed by atoms with E-state index in [1.54, 1.807) is 21.7 Å². The summed E-state index contributed by atoms with van der Waals surface area (Å²) < 4.78 is 32.1. The number of benzene rings is 4. The maximum absolute atomic E-state index is 14.1. The summed E-state index contributed by atoms with van der Waals surface area (Å²) >= 11 is 5.52. The number of halogens is 1. The molecule has 5 rings (SSSR count). The first-order valence-corrected chi connectivity index (χ1v) is 18.1. The molecule has 4 nitrogen and oxygen atoms in total. The third-order valence-electron chi connectivity index (χ3n) is 8.25. The molecule has 1 atom stereocenters. The van der Waals surface area contributed by atoms with Crippen LogP contribution in [0.1, 0.15) is 42.0 Å². The van der Waals surface area contributed by atoms with E-state index in [1.165, 1.54) is 21.4 Å². The number of unbranched alkanes of at least 4 members (excludes halogenated alkanes) is 1. The summed E-state index contributed by atoms with van der Waals surface area (Å²) in [5, 5.41) is 5.22. The van der Waals surface area contributed by atoms with Crippen LogP contribution in [-0.2, 0) is 23.1 Å². The second-order valence-corrected chi connectivity index (χ2v) is 14.9. The minimum atomic E-state index is -3.69. The number of thiophene rings is 1. The summed E-state index contributed by atoms with van der Waals surface area (Å²) in [7, 11) is -3.69. The van der Waals surface area contributed by atoms with Crippen LogP contribution in [-0.4, -0.2) is 42.3 Å². The maximum atomic E-state index is 14.1. The Morgan fingerprint density at radius 1 is 0.810 bits per heavy atom. The number of hydrogen-bond donors (Lipinski definition) is 0. The highest BCUT2D eigenvalue weighted by molar-refractivity contribution is 9.09. The second kappa shape index (κ2) is 13.4. The van der Waals surface area contributed by atoms with Gasteiger partial charge in [0.15, 0.2) is 0 Å². The fraction of sp³-hybridized carbons (Fsp3) is 0.314. The molecule has 0 aliphatic heterocycles. The van der Waals surface area contributed by atoms with Crippen LogP contribution in [0.5, 0.6) is 0 Å². The molecule has 0 aliphatic rings. The Morgan fingerprint density at radius 3 is 2.31 bits per heavy atom. The normalized spacial score (nSPS) is 13.6. The quantitative estimate of drug-likeness (QED) is 0.0545. The van der Waals surface area contributed by atoms with Gasteiger partial charge in [-0.1, -0.05) is 65.7 Å². The van der Waals surface area contributed by atoms with Crippen LogP contribution < -0.4 is 0 Å². The molecule has 0 aliphatic carbocycles. The first kappa shape index (κ1) is 30.9. The third-order valence-corrected chi connectivity index (χ3v) is 12.1. The largest absolute Gasteiger partial charge is 0.311 e. The number of hydrogen-bond acceptors (Lipinski definition) is 3. The Labute approximate surface area is 263 Å². The molecule has 7 heteroatoms. The molecule has 0 fully saturated rings. The van der Waals surface area contributed by atoms with Gasteiger partial charge in [0.1, 0.15) is 12.0 Å². The highest BCUT2D eigenvalue weighted by atomic mass is 79.9. The molecule has 0 amide bonds. The molecular weight excluding hydrogens is 624 g/mol. The van der Waals surface area contributed by atoms with Gasteiger partial charge in [-0.15, -0.1) is 11.3 Å². The smallest absolute Gasteiger partial charge is 0.243 e. The van der Waals surface area contributed by atoms with E-state index in [2.05, 4.69) is 84.5 Å². The molecule has 220 valence electrons. The summed E-state index contributed by atoms with van der Waals surface area (Å²) in [6.07, 6.45) is 1.74. The molecule has 0 saturated heterocycles. The van der Waals surface area contributed by atoms with Gasteiger partial charge in [-0.05, 0) is 107 Å². The average Bonchev–Trinajstić information content (AvgIpc) is 3.45. The van der Waals surface area contributed by atoms with Crippen molar-refractivity contribution >= 4 is 58.1 Å². The topological polar surface area (TPSA) is 37.4 Å². The zero-order valence-corrected chi connectivity index (χ0v) is 27.9. The first-order chi connectivity index (χ1) is 20.2. The number of alkyl halides is 1. The summed E-state index contributed by atoms with van der Waals surface area (Å²) in [6, 6.07) is 28.6. The molecule has 5 aromatic rings. The van der Waals surface area contributed by atoms with E-state index in [-0.39, 0.29) is 0 Å². The molecule has 1 aromatic heterocycles. The zero-order valence-electron chi connectivity index (χ0n) is 24.7. The van der Waals surface area contributed by atoms with E-state index in [1.807, 2.05) is 36.4 Å². The summed E-state index contributed by atoms with van der Waals surface area (Å²) in [6.45, 7) is 10.4. The van der Waals surface area contributed by atoms with Gasteiger partial charge >= 0.3 is 0 Å². The lowest BCUT2D eigenvalue weighted by molar-refractivity contribution is -0.926. The Kier molecular flexibility index (Phi) is 9.85. The van der Waals surface area contributed by atoms with Gasteiger partial charge in [0.05, 0.1) is 18.0 Å². The number of fused-ring (bicyclic) bond motifs is 2. The Bertz CT molecular complexity index is 1760. The van der Waals surface area contributed by atoms with Crippen LogP contribution in [0.4, 0.5) is 0 Å². The monoisotopic (exact) mass is 663 g/mol. The highest BCUT2D eigenvalue weighted by Crippen LogP contribution is 2.27. The molecule has 0 N–H and O–H groups in total. The Hall–Kier alpha value is -2.55. The second-order valence-electron chi connectivity index (χ2n) is 11.5. The fourth-order valence-electron chi connectivity index (χ4n) is 5.90. The molecule has 0 saturated carbocycles. The van der Waals surface area contributed by atoms with Crippen molar-refractivity contribution in [3.8, 4) is 0 Å². The van der Waals surface area contributed by atoms with Crippen molar-refractivity contribution in [3.05, 3.63) is 113 Å². The van der Waals surface area contributed by atoms with Crippen molar-refractivity contribution in [2.24, 2.45) is 0 Å². The SMILES string of the molecule is CC[N+](CBr)(CCCCN(Cc1ccc2sccc2c1)S(=O)(=O)c1ccc2ccccc2c1)Cc1cc(C)cc(C)c1. The average molecular weight is 665 g/mol. The molecule has 1 unspecified atom stereocenters. The fourth-order valence-corrected chi connectivity index (χ4v) is 8.95. The van der Waals surface area contributed by atoms with Crippen molar-refractivity contribution < 1.29 is 12.9 Å². The number of sulfonamides is 1. The van der Waals surface area contributed by atoms with Crippen LogP contribution in [0.25, 0.3) is 20.9 Å². The summed E-state index contributed by atoms with van der Waals surface area (Å²) in [5.41, 5.74) is 5.83. The standard InChI is InChI=1S/C35H40BrN2O2S2/c1-4-38(26-36,25-30-20-27(2)19-28(3)21-30)17-8-7-16-37(24-29-11-14-35-33(22-29)15-18-41-35)42(39,40)34-13-12-31-9-5-6-10-32(31)23-34/h5-6,9-15,18-23H,4,7-8,16-17,24-26H2,1-3H3/q+1. The number of aryl methyl sites for hydroxylation is 2. The van der Waals surface area contributed by atoms with Crippen molar-refractivity contribution in [2.75, 3.05) is 25.1 Å². The molecule has 42 heavy (non-hydrogen) atoms. The molecule has 0 spiro atoms. The van der Waals surface area contributed by atoms with Gasteiger partial charge < -0.3 is 4.48 Å². The minimum Gasteiger partial charge on any atom is -0.311 e. The molecule has 0 radical (unpaired) electrons. The van der Waals surface area contributed by atoms with E-state index in [0.29, 0.717) is 18.0 Å². The lowest BCUT2D eigenvalue weighted by Crippen LogP contribution is -2.47. The molecule has 0 bridgehead atoms. The van der Waals surface area contributed by atoms with E-state index >= 15 is 0 Å². The van der Waals surface area contributed by atoms with Crippen molar-refractivity contribution in [1.29, 1.82) is 0 Å². The summed E-state index contributed by atoms with van der Waals surface area (Å²) in [5.74, 6) is 0. The number of nitrogens with zero attached hydrogens (tertiary/aromatic N) is 2. The lowest BCUT2D eigenvalue weighted by Gasteiger charge is -2.36. The van der Waals surface area contributed by atoms with E-state index < -0.39 is 10.0 Å². The molecule has 4 aromatic carbocycles. The Balaban J connectivity index is 1.35. The highest BCUT2D eigenvalue weighted by Gasteiger charge is 2.27. The first-order valence-electron chi connectivity index (χ1n) is 14.6. The zero-order chi connectivity index (χ0) is 29.7. The van der Waals surface area contributed by atoms with Gasteiger partial charge in [-0.3, -0.25) is 0 Å². The Morgan fingerprint density at radius 2 is 1.57 bits per heavy atom. The van der Waals surface area contributed by atoms with Crippen molar-refractivity contribution in [2.45, 2.75) is 51.6 Å². The maximum Gasteiger partial charge on any atom is 0.243 e. The van der Waals surface area contributed by atoms with Gasteiger partial charge in [0, 0.05) is 23.4 Å². The number of rotatable bonds is 13. The van der Waals surface area contributed by atoms with Crippen molar-refractivity contribution in [3.63, 3.8) is 0 Å². The lowest BCUT2D eigenvalue weighted by atomic mass is 10.1. The molecular formula is C35H40BrN2O2S2+. The van der Waals surface area contributed by atoms with Crippen LogP contribution in [0.15, 0.2) is 95.2 Å². The van der Waals surface area contributed by atoms with E-state index in [0.717, 1.165) is 64.1 Å².